The second-order valence-corrected chi connectivity index (χ2v) is 5.35. The van der Waals surface area contributed by atoms with Gasteiger partial charge >= 0.3 is 0 Å². The van der Waals surface area contributed by atoms with Gasteiger partial charge in [-0.25, -0.2) is 0 Å². The molecule has 6 nitrogen and oxygen atoms in total. The maximum absolute atomic E-state index is 11.8. The minimum atomic E-state index is -0.179. The maximum Gasteiger partial charge on any atom is 0.258 e. The largest absolute Gasteiger partial charge is 0.482 e. The van der Waals surface area contributed by atoms with Crippen LogP contribution >= 0.6 is 11.5 Å². The van der Waals surface area contributed by atoms with Crippen molar-refractivity contribution < 1.29 is 9.53 Å². The van der Waals surface area contributed by atoms with Crippen LogP contribution in [0, 0.1) is 0 Å². The molecule has 23 heavy (non-hydrogen) atoms. The highest BCUT2D eigenvalue weighted by Crippen LogP contribution is 2.18. The zero-order valence-electron chi connectivity index (χ0n) is 12.2. The molecule has 0 aliphatic heterocycles. The lowest BCUT2D eigenvalue weighted by atomic mass is 10.1. The summed E-state index contributed by atoms with van der Waals surface area (Å²) in [5.41, 5.74) is 2.87. The second-order valence-electron chi connectivity index (χ2n) is 4.74. The molecule has 0 atom stereocenters. The van der Waals surface area contributed by atoms with Crippen molar-refractivity contribution in [2.45, 2.75) is 6.54 Å². The first-order chi connectivity index (χ1) is 11.3. The number of ether oxygens (including phenoxy) is 1. The normalized spacial score (nSPS) is 10.3. The lowest BCUT2D eigenvalue weighted by Crippen LogP contribution is -2.28. The fourth-order valence-corrected chi connectivity index (χ4v) is 2.38. The van der Waals surface area contributed by atoms with Gasteiger partial charge in [0.2, 0.25) is 0 Å². The first kappa shape index (κ1) is 15.1. The average molecular weight is 326 g/mol. The van der Waals surface area contributed by atoms with Crippen molar-refractivity contribution in [1.29, 1.82) is 0 Å². The third-order valence-corrected chi connectivity index (χ3v) is 3.61. The van der Waals surface area contributed by atoms with Crippen LogP contribution in [0.1, 0.15) is 5.56 Å². The Hall–Kier alpha value is -2.80. The Morgan fingerprint density at radius 2 is 2.09 bits per heavy atom. The minimum Gasteiger partial charge on any atom is -0.482 e. The molecular formula is C16H14N4O2S. The van der Waals surface area contributed by atoms with Crippen LogP contribution in [0.4, 0.5) is 0 Å². The summed E-state index contributed by atoms with van der Waals surface area (Å²) in [5, 5.41) is 8.73. The molecule has 0 unspecified atom stereocenters. The Bertz CT molecular complexity index is 746. The molecule has 0 aliphatic rings. The van der Waals surface area contributed by atoms with E-state index in [9.17, 15) is 4.79 Å². The van der Waals surface area contributed by atoms with E-state index in [-0.39, 0.29) is 12.5 Å². The van der Waals surface area contributed by atoms with Crippen molar-refractivity contribution in [3.05, 3.63) is 59.7 Å². The Kier molecular flexibility index (Phi) is 4.90. The van der Waals surface area contributed by atoms with Crippen molar-refractivity contribution in [2.24, 2.45) is 0 Å². The van der Waals surface area contributed by atoms with Crippen molar-refractivity contribution in [1.82, 2.24) is 19.9 Å². The molecule has 3 aromatic rings. The van der Waals surface area contributed by atoms with E-state index >= 15 is 0 Å². The van der Waals surface area contributed by atoms with Crippen LogP contribution in [0.5, 0.6) is 5.75 Å². The van der Waals surface area contributed by atoms with Gasteiger partial charge in [-0.1, -0.05) is 28.8 Å². The SMILES string of the molecule is O=C(COc1cccnc1)NCc1ccc(-c2csnn2)cc1. The molecule has 0 aliphatic carbocycles. The van der Waals surface area contributed by atoms with Crippen LogP contribution < -0.4 is 10.1 Å². The van der Waals surface area contributed by atoms with Crippen molar-refractivity contribution in [3.63, 3.8) is 0 Å². The molecule has 1 N–H and O–H groups in total. The van der Waals surface area contributed by atoms with E-state index in [1.54, 1.807) is 24.5 Å². The molecule has 2 aromatic heterocycles. The highest BCUT2D eigenvalue weighted by molar-refractivity contribution is 7.03. The molecule has 1 aromatic carbocycles. The molecule has 0 spiro atoms. The number of rotatable bonds is 6. The zero-order valence-corrected chi connectivity index (χ0v) is 13.0. The number of nitrogens with one attached hydrogen (secondary N) is 1. The molecular weight excluding hydrogens is 312 g/mol. The fraction of sp³-hybridized carbons (Fsp3) is 0.125. The van der Waals surface area contributed by atoms with Crippen molar-refractivity contribution in [2.75, 3.05) is 6.61 Å². The molecule has 0 saturated heterocycles. The number of hydrogen-bond acceptors (Lipinski definition) is 6. The van der Waals surface area contributed by atoms with Crippen LogP contribution in [0.2, 0.25) is 0 Å². The van der Waals surface area contributed by atoms with E-state index in [0.29, 0.717) is 12.3 Å². The number of carbonyl (C=O) groups is 1. The first-order valence-electron chi connectivity index (χ1n) is 6.97. The van der Waals surface area contributed by atoms with Gasteiger partial charge in [0.1, 0.15) is 11.4 Å². The third kappa shape index (κ3) is 4.33. The number of hydrogen-bond donors (Lipinski definition) is 1. The molecule has 7 heteroatoms. The van der Waals surface area contributed by atoms with Gasteiger partial charge in [-0.15, -0.1) is 5.10 Å². The predicted octanol–water partition coefficient (Wildman–Crippen LogP) is 2.30. The molecule has 1 amide bonds. The Morgan fingerprint density at radius 1 is 1.22 bits per heavy atom. The van der Waals surface area contributed by atoms with Crippen LogP contribution in [-0.2, 0) is 11.3 Å². The van der Waals surface area contributed by atoms with E-state index in [2.05, 4.69) is 19.9 Å². The number of amides is 1. The predicted molar refractivity (Wildman–Crippen MR) is 86.9 cm³/mol. The molecule has 0 fully saturated rings. The van der Waals surface area contributed by atoms with Gasteiger partial charge in [-0.2, -0.15) is 0 Å². The number of pyridine rings is 1. The Labute approximate surface area is 137 Å². The lowest BCUT2D eigenvalue weighted by Gasteiger charge is -2.07. The molecule has 3 rings (SSSR count). The van der Waals surface area contributed by atoms with Gasteiger partial charge in [0.25, 0.3) is 5.91 Å². The third-order valence-electron chi connectivity index (χ3n) is 3.10. The molecule has 0 radical (unpaired) electrons. The summed E-state index contributed by atoms with van der Waals surface area (Å²) in [7, 11) is 0. The Morgan fingerprint density at radius 3 is 2.78 bits per heavy atom. The summed E-state index contributed by atoms with van der Waals surface area (Å²) in [5.74, 6) is 0.394. The maximum atomic E-state index is 11.8. The summed E-state index contributed by atoms with van der Waals surface area (Å²) in [4.78, 5) is 15.7. The minimum absolute atomic E-state index is 0.0335. The van der Waals surface area contributed by atoms with Crippen LogP contribution in [-0.4, -0.2) is 27.1 Å². The zero-order chi connectivity index (χ0) is 15.9. The number of nitrogens with zero attached hydrogens (tertiary/aromatic N) is 3. The van der Waals surface area contributed by atoms with E-state index in [0.717, 1.165) is 16.8 Å². The highest BCUT2D eigenvalue weighted by Gasteiger charge is 2.04. The van der Waals surface area contributed by atoms with Gasteiger partial charge in [0.05, 0.1) is 6.20 Å². The van der Waals surface area contributed by atoms with Gasteiger partial charge in [0.15, 0.2) is 6.61 Å². The fourth-order valence-electron chi connectivity index (χ4n) is 1.92. The quantitative estimate of drug-likeness (QED) is 0.752. The monoisotopic (exact) mass is 326 g/mol. The van der Waals surface area contributed by atoms with Crippen molar-refractivity contribution in [3.8, 4) is 17.0 Å². The molecule has 0 saturated carbocycles. The van der Waals surface area contributed by atoms with Gasteiger partial charge in [-0.3, -0.25) is 9.78 Å². The number of benzene rings is 1. The standard InChI is InChI=1S/C16H14N4O2S/c21-16(10-22-14-2-1-7-17-9-14)18-8-12-3-5-13(6-4-12)15-11-23-20-19-15/h1-7,9,11H,8,10H2,(H,18,21). The van der Waals surface area contributed by atoms with E-state index in [4.69, 9.17) is 4.74 Å². The van der Waals surface area contributed by atoms with Gasteiger partial charge < -0.3 is 10.1 Å². The number of carbonyl (C=O) groups excluding carboxylic acids is 1. The highest BCUT2D eigenvalue weighted by atomic mass is 32.1. The van der Waals surface area contributed by atoms with Crippen molar-refractivity contribution >= 4 is 17.4 Å². The topological polar surface area (TPSA) is 77.0 Å². The van der Waals surface area contributed by atoms with Crippen LogP contribution in [0.25, 0.3) is 11.3 Å². The molecule has 2 heterocycles. The smallest absolute Gasteiger partial charge is 0.258 e. The lowest BCUT2D eigenvalue weighted by molar-refractivity contribution is -0.123. The van der Waals surface area contributed by atoms with Crippen LogP contribution in [0.3, 0.4) is 0 Å². The van der Waals surface area contributed by atoms with Gasteiger partial charge in [0, 0.05) is 23.7 Å². The summed E-state index contributed by atoms with van der Waals surface area (Å²) in [6.07, 6.45) is 3.22. The van der Waals surface area contributed by atoms with Crippen LogP contribution in [0.15, 0.2) is 54.2 Å². The summed E-state index contributed by atoms with van der Waals surface area (Å²) in [6, 6.07) is 11.3. The first-order valence-corrected chi connectivity index (χ1v) is 7.81. The summed E-state index contributed by atoms with van der Waals surface area (Å²) in [6.45, 7) is 0.416. The molecule has 116 valence electrons. The molecule has 0 bridgehead atoms. The van der Waals surface area contributed by atoms with Gasteiger partial charge in [-0.05, 0) is 29.2 Å². The Balaban J connectivity index is 1.47. The number of aromatic nitrogens is 3. The average Bonchev–Trinajstić information content (AvgIpc) is 3.14. The summed E-state index contributed by atoms with van der Waals surface area (Å²) < 4.78 is 9.18. The van der Waals surface area contributed by atoms with E-state index in [1.165, 1.54) is 11.5 Å². The van der Waals surface area contributed by atoms with E-state index in [1.807, 2.05) is 29.6 Å². The summed E-state index contributed by atoms with van der Waals surface area (Å²) >= 11 is 1.32. The van der Waals surface area contributed by atoms with E-state index < -0.39 is 0 Å². The second kappa shape index (κ2) is 7.46.